The van der Waals surface area contributed by atoms with E-state index >= 15 is 0 Å². The molecular weight excluding hydrogens is 365 g/mol. The molecule has 0 fully saturated rings. The van der Waals surface area contributed by atoms with Crippen LogP contribution in [0.15, 0.2) is 30.6 Å². The first-order valence-corrected chi connectivity index (χ1v) is 8.60. The fraction of sp³-hybridized carbons (Fsp3) is 0.368. The summed E-state index contributed by atoms with van der Waals surface area (Å²) >= 11 is 0. The Morgan fingerprint density at radius 3 is 2.39 bits per heavy atom. The molecule has 1 aromatic carbocycles. The van der Waals surface area contributed by atoms with Crippen LogP contribution in [-0.4, -0.2) is 57.1 Å². The van der Waals surface area contributed by atoms with Gasteiger partial charge in [0.05, 0.1) is 23.9 Å². The molecule has 0 radical (unpaired) electrons. The Labute approximate surface area is 162 Å². The molecule has 2 heterocycles. The van der Waals surface area contributed by atoms with Gasteiger partial charge in [-0.3, -0.25) is 19.2 Å². The molecule has 8 nitrogen and oxygen atoms in total. The second kappa shape index (κ2) is 9.75. The molecule has 9 heteroatoms. The van der Waals surface area contributed by atoms with Gasteiger partial charge in [-0.25, -0.2) is 9.97 Å². The van der Waals surface area contributed by atoms with E-state index in [0.29, 0.717) is 11.4 Å². The molecule has 0 aliphatic heterocycles. The number of halogens is 1. The van der Waals surface area contributed by atoms with E-state index in [0.717, 1.165) is 23.0 Å². The molecule has 152 valence electrons. The van der Waals surface area contributed by atoms with Crippen molar-refractivity contribution in [2.75, 3.05) is 20.6 Å². The van der Waals surface area contributed by atoms with E-state index in [1.54, 1.807) is 25.3 Å². The van der Waals surface area contributed by atoms with E-state index in [2.05, 4.69) is 28.4 Å². The molecular formula is C19H26FN5O3. The first-order valence-electron chi connectivity index (χ1n) is 8.60. The maximum absolute atomic E-state index is 11.6. The van der Waals surface area contributed by atoms with Crippen LogP contribution >= 0.6 is 0 Å². The summed E-state index contributed by atoms with van der Waals surface area (Å²) in [4.78, 5) is 31.7. The quantitative estimate of drug-likeness (QED) is 0.689. The van der Waals surface area contributed by atoms with E-state index < -0.39 is 11.9 Å². The zero-order chi connectivity index (χ0) is 20.1. The topological polar surface area (TPSA) is 114 Å². The lowest BCUT2D eigenvalue weighted by molar-refractivity contribution is -0.137. The van der Waals surface area contributed by atoms with E-state index in [9.17, 15) is 9.59 Å². The van der Waals surface area contributed by atoms with Crippen molar-refractivity contribution in [2.45, 2.75) is 20.4 Å². The summed E-state index contributed by atoms with van der Waals surface area (Å²) in [5, 5.41) is 9.03. The Morgan fingerprint density at radius 1 is 1.25 bits per heavy atom. The normalized spacial score (nSPS) is 10.6. The second-order valence-electron chi connectivity index (χ2n) is 6.96. The van der Waals surface area contributed by atoms with Gasteiger partial charge in [-0.05, 0) is 26.1 Å². The summed E-state index contributed by atoms with van der Waals surface area (Å²) in [5.41, 5.74) is 7.94. The molecule has 0 saturated carbocycles. The van der Waals surface area contributed by atoms with Crippen LogP contribution in [0.25, 0.3) is 21.9 Å². The Morgan fingerprint density at radius 2 is 1.89 bits per heavy atom. The maximum atomic E-state index is 11.6. The van der Waals surface area contributed by atoms with Crippen LogP contribution in [0.4, 0.5) is 4.70 Å². The standard InChI is InChI=1S/C15H16N4O.C4H9NO2.FH/c1-9(2)7-19-8-17-12-13(15(16)20)18-11-6-4-3-5-10(11)14(12)19;1-5(2)3-4(6)7;/h3-6,8-9H,7H2,1-2H3,(H2,16,20);3H2,1-2H3,(H,6,7);1H. The zero-order valence-corrected chi connectivity index (χ0v) is 16.4. The number of carboxylic acids is 1. The third-order valence-electron chi connectivity index (χ3n) is 3.70. The molecule has 1 amide bonds. The van der Waals surface area contributed by atoms with Crippen molar-refractivity contribution in [1.29, 1.82) is 0 Å². The number of benzene rings is 1. The second-order valence-corrected chi connectivity index (χ2v) is 6.96. The van der Waals surface area contributed by atoms with Crippen LogP contribution in [-0.2, 0) is 11.3 Å². The SMILES string of the molecule is CC(C)Cn1cnc2c(C(N)=O)nc3ccccc3c21.CN(C)CC(=O)O.F. The summed E-state index contributed by atoms with van der Waals surface area (Å²) in [5.74, 6) is -0.850. The number of carbonyl (C=O) groups excluding carboxylic acids is 1. The number of amides is 1. The summed E-state index contributed by atoms with van der Waals surface area (Å²) in [7, 11) is 3.43. The van der Waals surface area contributed by atoms with Gasteiger partial charge in [0.2, 0.25) is 0 Å². The van der Waals surface area contributed by atoms with Crippen molar-refractivity contribution in [3.8, 4) is 0 Å². The van der Waals surface area contributed by atoms with Crippen LogP contribution in [0, 0.1) is 5.92 Å². The minimum Gasteiger partial charge on any atom is -0.480 e. The Balaban J connectivity index is 0.000000425. The van der Waals surface area contributed by atoms with Crippen LogP contribution in [0.5, 0.6) is 0 Å². The number of pyridine rings is 1. The lowest BCUT2D eigenvalue weighted by Crippen LogP contribution is -2.20. The number of primary amides is 1. The number of nitrogens with two attached hydrogens (primary N) is 1. The van der Waals surface area contributed by atoms with Gasteiger partial charge in [0.15, 0.2) is 5.69 Å². The van der Waals surface area contributed by atoms with Gasteiger partial charge in [0.1, 0.15) is 5.52 Å². The van der Waals surface area contributed by atoms with Crippen LogP contribution in [0.1, 0.15) is 24.3 Å². The summed E-state index contributed by atoms with van der Waals surface area (Å²) in [6.07, 6.45) is 1.76. The highest BCUT2D eigenvalue weighted by Gasteiger charge is 2.17. The van der Waals surface area contributed by atoms with Crippen molar-refractivity contribution >= 4 is 33.8 Å². The van der Waals surface area contributed by atoms with Gasteiger partial charge in [-0.2, -0.15) is 0 Å². The predicted octanol–water partition coefficient (Wildman–Crippen LogP) is 2.12. The van der Waals surface area contributed by atoms with Crippen molar-refractivity contribution in [3.05, 3.63) is 36.3 Å². The van der Waals surface area contributed by atoms with Crippen LogP contribution < -0.4 is 5.73 Å². The third-order valence-corrected chi connectivity index (χ3v) is 3.70. The van der Waals surface area contributed by atoms with Crippen molar-refractivity contribution in [2.24, 2.45) is 11.7 Å². The number of carbonyl (C=O) groups is 2. The molecule has 3 aromatic rings. The maximum Gasteiger partial charge on any atom is 0.317 e. The minimum absolute atomic E-state index is 0. The van der Waals surface area contributed by atoms with Gasteiger partial charge < -0.3 is 15.4 Å². The lowest BCUT2D eigenvalue weighted by Gasteiger charge is -2.09. The highest BCUT2D eigenvalue weighted by Crippen LogP contribution is 2.26. The van der Waals surface area contributed by atoms with Gasteiger partial charge in [0, 0.05) is 11.9 Å². The van der Waals surface area contributed by atoms with Crippen molar-refractivity contribution < 1.29 is 19.4 Å². The number of fused-ring (bicyclic) bond motifs is 3. The molecule has 0 unspecified atom stereocenters. The highest BCUT2D eigenvalue weighted by atomic mass is 19.0. The first-order chi connectivity index (χ1) is 12.7. The minimum atomic E-state index is -0.787. The highest BCUT2D eigenvalue weighted by molar-refractivity contribution is 6.11. The molecule has 3 rings (SSSR count). The number of aromatic nitrogens is 3. The largest absolute Gasteiger partial charge is 0.480 e. The Kier molecular flexibility index (Phi) is 8.00. The average molecular weight is 391 g/mol. The van der Waals surface area contributed by atoms with Gasteiger partial charge in [-0.1, -0.05) is 32.0 Å². The summed E-state index contributed by atoms with van der Waals surface area (Å²) < 4.78 is 2.07. The number of carboxylic acid groups (broad SMARTS) is 1. The number of para-hydroxylation sites is 1. The molecule has 2 aromatic heterocycles. The Hall–Kier alpha value is -3.07. The fourth-order valence-corrected chi connectivity index (χ4v) is 2.76. The van der Waals surface area contributed by atoms with Gasteiger partial charge in [-0.15, -0.1) is 0 Å². The number of aliphatic carboxylic acids is 1. The number of rotatable bonds is 5. The van der Waals surface area contributed by atoms with Crippen molar-refractivity contribution in [3.63, 3.8) is 0 Å². The molecule has 3 N–H and O–H groups in total. The summed E-state index contributed by atoms with van der Waals surface area (Å²) in [6, 6.07) is 7.73. The zero-order valence-electron chi connectivity index (χ0n) is 16.4. The van der Waals surface area contributed by atoms with E-state index in [1.165, 1.54) is 0 Å². The van der Waals surface area contributed by atoms with E-state index in [4.69, 9.17) is 10.8 Å². The molecule has 0 bridgehead atoms. The van der Waals surface area contributed by atoms with E-state index in [-0.39, 0.29) is 16.9 Å². The fourth-order valence-electron chi connectivity index (χ4n) is 2.76. The van der Waals surface area contributed by atoms with Crippen molar-refractivity contribution in [1.82, 2.24) is 19.4 Å². The number of hydrogen-bond donors (Lipinski definition) is 2. The molecule has 0 atom stereocenters. The van der Waals surface area contributed by atoms with E-state index in [1.807, 2.05) is 24.3 Å². The lowest BCUT2D eigenvalue weighted by atomic mass is 10.1. The Bertz CT molecular complexity index is 969. The number of imidazole rings is 1. The molecule has 0 spiro atoms. The van der Waals surface area contributed by atoms with Gasteiger partial charge in [0.25, 0.3) is 5.91 Å². The van der Waals surface area contributed by atoms with Crippen LogP contribution in [0.3, 0.4) is 0 Å². The molecule has 0 aliphatic rings. The average Bonchev–Trinajstić information content (AvgIpc) is 2.96. The molecule has 0 aliphatic carbocycles. The summed E-state index contributed by atoms with van der Waals surface area (Å²) in [6.45, 7) is 5.23. The van der Waals surface area contributed by atoms with Crippen LogP contribution in [0.2, 0.25) is 0 Å². The number of nitrogens with zero attached hydrogens (tertiary/aromatic N) is 4. The smallest absolute Gasteiger partial charge is 0.317 e. The third kappa shape index (κ3) is 5.46. The molecule has 0 saturated heterocycles. The number of hydrogen-bond acceptors (Lipinski definition) is 5. The monoisotopic (exact) mass is 391 g/mol. The molecule has 28 heavy (non-hydrogen) atoms. The number of likely N-dealkylation sites (N-methyl/N-ethyl adjacent to an activating group) is 1. The predicted molar refractivity (Wildman–Crippen MR) is 107 cm³/mol. The van der Waals surface area contributed by atoms with Gasteiger partial charge >= 0.3 is 5.97 Å². The first kappa shape index (κ1) is 23.0.